The first kappa shape index (κ1) is 17.9. The van der Waals surface area contributed by atoms with Gasteiger partial charge in [-0.05, 0) is 30.5 Å². The predicted molar refractivity (Wildman–Crippen MR) is 110 cm³/mol. The van der Waals surface area contributed by atoms with Crippen molar-refractivity contribution >= 4 is 11.6 Å². The number of carbonyl (C=O) groups excluding carboxylic acids is 2. The van der Waals surface area contributed by atoms with Crippen molar-refractivity contribution in [1.29, 1.82) is 0 Å². The van der Waals surface area contributed by atoms with Crippen molar-refractivity contribution in [3.63, 3.8) is 0 Å². The van der Waals surface area contributed by atoms with Gasteiger partial charge in [-0.25, -0.2) is 0 Å². The van der Waals surface area contributed by atoms with E-state index in [9.17, 15) is 9.59 Å². The molecule has 0 amide bonds. The van der Waals surface area contributed by atoms with Crippen LogP contribution in [0.25, 0.3) is 11.1 Å². The summed E-state index contributed by atoms with van der Waals surface area (Å²) < 4.78 is 11.5. The second-order valence-electron chi connectivity index (χ2n) is 7.81. The average Bonchev–Trinajstić information content (AvgIpc) is 3.19. The van der Waals surface area contributed by atoms with Gasteiger partial charge in [0.05, 0.1) is 12.7 Å². The monoisotopic (exact) mass is 386 g/mol. The second-order valence-corrected chi connectivity index (χ2v) is 7.81. The molecule has 0 N–H and O–H groups in total. The van der Waals surface area contributed by atoms with Gasteiger partial charge in [-0.1, -0.05) is 55.7 Å². The Morgan fingerprint density at radius 1 is 0.828 bits per heavy atom. The third kappa shape index (κ3) is 2.82. The maximum atomic E-state index is 13.4. The van der Waals surface area contributed by atoms with Gasteiger partial charge in [0.15, 0.2) is 11.5 Å². The highest BCUT2D eigenvalue weighted by molar-refractivity contribution is 6.29. The quantitative estimate of drug-likeness (QED) is 0.448. The Morgan fingerprint density at radius 2 is 1.48 bits per heavy atom. The maximum absolute atomic E-state index is 13.4. The molecule has 2 aliphatic rings. The minimum absolute atomic E-state index is 0.133. The van der Waals surface area contributed by atoms with Crippen LogP contribution < -0.4 is 4.74 Å². The molecular weight excluding hydrogens is 364 g/mol. The molecule has 3 aromatic rings. The fourth-order valence-corrected chi connectivity index (χ4v) is 4.66. The lowest BCUT2D eigenvalue weighted by atomic mass is 9.81. The highest BCUT2D eigenvalue weighted by Gasteiger charge is 2.39. The van der Waals surface area contributed by atoms with Gasteiger partial charge >= 0.3 is 0 Å². The van der Waals surface area contributed by atoms with E-state index in [4.69, 9.17) is 9.15 Å². The Morgan fingerprint density at radius 3 is 2.14 bits per heavy atom. The van der Waals surface area contributed by atoms with Crippen LogP contribution >= 0.6 is 0 Å². The molecule has 5 rings (SSSR count). The second kappa shape index (κ2) is 7.03. The summed E-state index contributed by atoms with van der Waals surface area (Å²) >= 11 is 0. The van der Waals surface area contributed by atoms with E-state index in [1.54, 1.807) is 31.4 Å². The smallest absolute Gasteiger partial charge is 0.229 e. The summed E-state index contributed by atoms with van der Waals surface area (Å²) in [5.41, 5.74) is 2.96. The van der Waals surface area contributed by atoms with Gasteiger partial charge in [0.25, 0.3) is 0 Å². The van der Waals surface area contributed by atoms with Crippen molar-refractivity contribution in [3.8, 4) is 16.9 Å². The number of hydrogen-bond acceptors (Lipinski definition) is 4. The number of methoxy groups -OCH3 is 1. The molecule has 1 fully saturated rings. The van der Waals surface area contributed by atoms with Gasteiger partial charge in [0.2, 0.25) is 5.78 Å². The molecule has 0 aliphatic heterocycles. The molecule has 2 aliphatic carbocycles. The minimum Gasteiger partial charge on any atom is -0.497 e. The predicted octanol–water partition coefficient (Wildman–Crippen LogP) is 5.78. The molecule has 0 radical (unpaired) electrons. The SMILES string of the molecule is COc1ccc(-c2c(C3CCCCC3)oc3c2C(=O)c2ccccc2C3=O)cc1. The minimum atomic E-state index is -0.202. The van der Waals surface area contributed by atoms with Crippen LogP contribution in [0.3, 0.4) is 0 Å². The lowest BCUT2D eigenvalue weighted by molar-refractivity contribution is 0.0959. The summed E-state index contributed by atoms with van der Waals surface area (Å²) in [6.07, 6.45) is 5.54. The molecule has 4 nitrogen and oxygen atoms in total. The molecule has 0 saturated heterocycles. The summed E-state index contributed by atoms with van der Waals surface area (Å²) in [7, 11) is 1.63. The average molecular weight is 386 g/mol. The van der Waals surface area contributed by atoms with Crippen molar-refractivity contribution in [2.75, 3.05) is 7.11 Å². The zero-order chi connectivity index (χ0) is 20.0. The Bertz CT molecular complexity index is 1100. The van der Waals surface area contributed by atoms with E-state index < -0.39 is 0 Å². The van der Waals surface area contributed by atoms with Crippen LogP contribution in [0.1, 0.15) is 75.8 Å². The number of carbonyl (C=O) groups is 2. The van der Waals surface area contributed by atoms with Gasteiger partial charge < -0.3 is 9.15 Å². The molecular formula is C25H22O4. The summed E-state index contributed by atoms with van der Waals surface area (Å²) in [5.74, 6) is 1.63. The normalized spacial score (nSPS) is 16.4. The van der Waals surface area contributed by atoms with Gasteiger partial charge in [-0.15, -0.1) is 0 Å². The first-order valence-corrected chi connectivity index (χ1v) is 10.2. The number of benzene rings is 2. The molecule has 29 heavy (non-hydrogen) atoms. The molecule has 1 heterocycles. The van der Waals surface area contributed by atoms with E-state index in [2.05, 4.69) is 0 Å². The van der Waals surface area contributed by atoms with E-state index in [-0.39, 0.29) is 23.2 Å². The van der Waals surface area contributed by atoms with Crippen LogP contribution in [-0.4, -0.2) is 18.7 Å². The highest BCUT2D eigenvalue weighted by atomic mass is 16.5. The van der Waals surface area contributed by atoms with Gasteiger partial charge in [0.1, 0.15) is 11.5 Å². The van der Waals surface area contributed by atoms with Gasteiger partial charge in [0, 0.05) is 22.6 Å². The van der Waals surface area contributed by atoms with E-state index in [1.165, 1.54) is 6.42 Å². The lowest BCUT2D eigenvalue weighted by Gasteiger charge is -2.21. The first-order chi connectivity index (χ1) is 14.2. The maximum Gasteiger partial charge on any atom is 0.229 e. The van der Waals surface area contributed by atoms with Crippen molar-refractivity contribution < 1.29 is 18.7 Å². The molecule has 0 unspecified atom stereocenters. The highest BCUT2D eigenvalue weighted by Crippen LogP contribution is 2.45. The number of ether oxygens (including phenoxy) is 1. The van der Waals surface area contributed by atoms with E-state index >= 15 is 0 Å². The third-order valence-electron chi connectivity index (χ3n) is 6.14. The fourth-order valence-electron chi connectivity index (χ4n) is 4.66. The molecule has 146 valence electrons. The van der Waals surface area contributed by atoms with Crippen LogP contribution in [0.2, 0.25) is 0 Å². The molecule has 2 aromatic carbocycles. The molecule has 1 saturated carbocycles. The van der Waals surface area contributed by atoms with Crippen molar-refractivity contribution in [1.82, 2.24) is 0 Å². The fraction of sp³-hybridized carbons (Fsp3) is 0.280. The summed E-state index contributed by atoms with van der Waals surface area (Å²) in [4.78, 5) is 26.6. The summed E-state index contributed by atoms with van der Waals surface area (Å²) in [6, 6.07) is 14.6. The number of hydrogen-bond donors (Lipinski definition) is 0. The molecule has 0 bridgehead atoms. The van der Waals surface area contributed by atoms with Crippen molar-refractivity contribution in [2.24, 2.45) is 0 Å². The number of ketones is 2. The standard InChI is InChI=1S/C25H22O4/c1-28-17-13-11-15(12-14-17)20-21-22(26)18-9-5-6-10-19(18)23(27)25(21)29-24(20)16-7-3-2-4-8-16/h5-6,9-14,16H,2-4,7-8H2,1H3. The number of rotatable bonds is 3. The van der Waals surface area contributed by atoms with Crippen molar-refractivity contribution in [2.45, 2.75) is 38.0 Å². The van der Waals surface area contributed by atoms with Crippen LogP contribution in [0.5, 0.6) is 5.75 Å². The van der Waals surface area contributed by atoms with Gasteiger partial charge in [-0.2, -0.15) is 0 Å². The van der Waals surface area contributed by atoms with E-state index in [0.717, 1.165) is 48.3 Å². The molecule has 0 spiro atoms. The third-order valence-corrected chi connectivity index (χ3v) is 6.14. The van der Waals surface area contributed by atoms with Crippen LogP contribution in [0.15, 0.2) is 52.9 Å². The number of furan rings is 1. The Hall–Kier alpha value is -3.14. The molecule has 4 heteroatoms. The Kier molecular flexibility index (Phi) is 4.35. The number of fused-ring (bicyclic) bond motifs is 2. The van der Waals surface area contributed by atoms with Crippen LogP contribution in [-0.2, 0) is 0 Å². The zero-order valence-electron chi connectivity index (χ0n) is 16.4. The Labute approximate surface area is 169 Å². The topological polar surface area (TPSA) is 56.5 Å². The summed E-state index contributed by atoms with van der Waals surface area (Å²) in [5, 5.41) is 0. The van der Waals surface area contributed by atoms with E-state index in [0.29, 0.717) is 16.7 Å². The largest absolute Gasteiger partial charge is 0.497 e. The van der Waals surface area contributed by atoms with Crippen LogP contribution in [0, 0.1) is 0 Å². The van der Waals surface area contributed by atoms with Gasteiger partial charge in [-0.3, -0.25) is 9.59 Å². The summed E-state index contributed by atoms with van der Waals surface area (Å²) in [6.45, 7) is 0. The lowest BCUT2D eigenvalue weighted by Crippen LogP contribution is -2.19. The molecule has 1 aromatic heterocycles. The van der Waals surface area contributed by atoms with Crippen molar-refractivity contribution in [3.05, 3.63) is 76.7 Å². The molecule has 0 atom stereocenters. The van der Waals surface area contributed by atoms with E-state index in [1.807, 2.05) is 24.3 Å². The van der Waals surface area contributed by atoms with Crippen LogP contribution in [0.4, 0.5) is 0 Å². The zero-order valence-corrected chi connectivity index (χ0v) is 16.4. The Balaban J connectivity index is 1.74. The first-order valence-electron chi connectivity index (χ1n) is 10.2.